The second kappa shape index (κ2) is 11.6. The molecule has 0 nitrogen and oxygen atoms in total. The Bertz CT molecular complexity index is 2800. The summed E-state index contributed by atoms with van der Waals surface area (Å²) in [6.07, 6.45) is 0. The van der Waals surface area contributed by atoms with Crippen LogP contribution in [-0.4, -0.2) is 0 Å². The Morgan fingerprint density at radius 1 is 0.226 bits per heavy atom. The topological polar surface area (TPSA) is 0 Å². The molecule has 246 valence electrons. The first-order valence-corrected chi connectivity index (χ1v) is 18.5. The minimum Gasteiger partial charge on any atom is -0.0622 e. The fraction of sp³-hybridized carbons (Fsp3) is 0.0189. The molecule has 0 N–H and O–H groups in total. The first-order valence-electron chi connectivity index (χ1n) is 18.5. The van der Waals surface area contributed by atoms with Crippen LogP contribution in [0.25, 0.3) is 77.5 Å². The maximum absolute atomic E-state index is 2.53. The summed E-state index contributed by atoms with van der Waals surface area (Å²) in [6.45, 7) is 0. The third-order valence-corrected chi connectivity index (χ3v) is 11.7. The van der Waals surface area contributed by atoms with Crippen molar-refractivity contribution in [1.82, 2.24) is 0 Å². The van der Waals surface area contributed by atoms with Gasteiger partial charge >= 0.3 is 0 Å². The average molecular weight is 671 g/mol. The lowest BCUT2D eigenvalue weighted by atomic mass is 9.69. The molecule has 11 rings (SSSR count). The molecule has 0 aliphatic heterocycles. The van der Waals surface area contributed by atoms with Crippen LogP contribution < -0.4 is 0 Å². The molecule has 9 aromatic rings. The van der Waals surface area contributed by atoms with Crippen molar-refractivity contribution < 1.29 is 0 Å². The number of hydrogen-bond donors (Lipinski definition) is 0. The van der Waals surface area contributed by atoms with Crippen molar-refractivity contribution in [2.45, 2.75) is 5.41 Å². The minimum absolute atomic E-state index is 0.458. The molecule has 0 saturated carbocycles. The number of fused-ring (bicyclic) bond motifs is 12. The molecule has 0 unspecified atom stereocenters. The summed E-state index contributed by atoms with van der Waals surface area (Å²) in [4.78, 5) is 0. The van der Waals surface area contributed by atoms with E-state index in [0.717, 1.165) is 0 Å². The summed E-state index contributed by atoms with van der Waals surface area (Å²) < 4.78 is 0. The largest absolute Gasteiger partial charge is 0.0726 e. The van der Waals surface area contributed by atoms with Gasteiger partial charge in [0.15, 0.2) is 0 Å². The SMILES string of the molecule is c1ccc(-c2ccc(-c3ccc4c(c3)C3(c5ccccc5-c5ccccc53)c3cc(-c5ccc(-c6ccccc6)cc5)c5ccccc5c3-4)cc2)cc1. The van der Waals surface area contributed by atoms with E-state index in [4.69, 9.17) is 0 Å². The molecule has 0 amide bonds. The third-order valence-electron chi connectivity index (χ3n) is 11.7. The van der Waals surface area contributed by atoms with Gasteiger partial charge in [0, 0.05) is 0 Å². The first kappa shape index (κ1) is 29.9. The second-order valence-corrected chi connectivity index (χ2v) is 14.4. The Hall–Kier alpha value is -6.76. The van der Waals surface area contributed by atoms with E-state index in [2.05, 4.69) is 206 Å². The second-order valence-electron chi connectivity index (χ2n) is 14.4. The summed E-state index contributed by atoms with van der Waals surface area (Å²) >= 11 is 0. The summed E-state index contributed by atoms with van der Waals surface area (Å²) in [5.74, 6) is 0. The van der Waals surface area contributed by atoms with E-state index in [1.165, 1.54) is 99.8 Å². The molecular weight excluding hydrogens is 637 g/mol. The van der Waals surface area contributed by atoms with Crippen molar-refractivity contribution in [1.29, 1.82) is 0 Å². The van der Waals surface area contributed by atoms with Crippen LogP contribution in [0.5, 0.6) is 0 Å². The number of rotatable bonds is 4. The van der Waals surface area contributed by atoms with Crippen molar-refractivity contribution in [3.8, 4) is 66.8 Å². The van der Waals surface area contributed by atoms with E-state index in [-0.39, 0.29) is 0 Å². The van der Waals surface area contributed by atoms with Gasteiger partial charge in [-0.1, -0.05) is 194 Å². The van der Waals surface area contributed by atoms with E-state index >= 15 is 0 Å². The Morgan fingerprint density at radius 3 is 1.25 bits per heavy atom. The van der Waals surface area contributed by atoms with Gasteiger partial charge in [0.25, 0.3) is 0 Å². The fourth-order valence-electron chi connectivity index (χ4n) is 9.37. The van der Waals surface area contributed by atoms with Crippen molar-refractivity contribution in [3.05, 3.63) is 229 Å². The van der Waals surface area contributed by atoms with Gasteiger partial charge in [-0.05, 0) is 112 Å². The van der Waals surface area contributed by atoms with Gasteiger partial charge in [0.05, 0.1) is 5.41 Å². The maximum atomic E-state index is 2.53. The van der Waals surface area contributed by atoms with E-state index in [9.17, 15) is 0 Å². The molecule has 2 aliphatic carbocycles. The smallest absolute Gasteiger partial charge is 0.0622 e. The van der Waals surface area contributed by atoms with E-state index < -0.39 is 5.41 Å². The van der Waals surface area contributed by atoms with Crippen LogP contribution >= 0.6 is 0 Å². The van der Waals surface area contributed by atoms with Crippen LogP contribution in [0.1, 0.15) is 22.3 Å². The summed E-state index contributed by atoms with van der Waals surface area (Å²) in [5, 5.41) is 2.58. The predicted octanol–water partition coefficient (Wildman–Crippen LogP) is 13.9. The Labute approximate surface area is 310 Å². The predicted molar refractivity (Wildman–Crippen MR) is 222 cm³/mol. The molecule has 9 aromatic carbocycles. The molecule has 0 atom stereocenters. The molecule has 0 heteroatoms. The van der Waals surface area contributed by atoms with Gasteiger partial charge in [-0.2, -0.15) is 0 Å². The standard InChI is InChI=1S/C53H34/c1-3-13-35(14-4-1)37-23-25-39(26-24-37)41-31-32-46-50(33-41)53(48-21-11-9-18-43(48)44-19-10-12-22-49(44)53)51-34-47(42-17-7-8-20-45(42)52(46)51)40-29-27-38(28-30-40)36-15-5-2-6-16-36/h1-34H. The summed E-state index contributed by atoms with van der Waals surface area (Å²) in [6, 6.07) is 76.5. The molecule has 0 radical (unpaired) electrons. The Morgan fingerprint density at radius 2 is 0.660 bits per heavy atom. The average Bonchev–Trinajstić information content (AvgIpc) is 3.71. The lowest BCUT2D eigenvalue weighted by molar-refractivity contribution is 0.795. The van der Waals surface area contributed by atoms with Gasteiger partial charge in [-0.25, -0.2) is 0 Å². The van der Waals surface area contributed by atoms with Crippen LogP contribution in [0, 0.1) is 0 Å². The Balaban J connectivity index is 1.17. The van der Waals surface area contributed by atoms with Crippen molar-refractivity contribution in [2.75, 3.05) is 0 Å². The van der Waals surface area contributed by atoms with Gasteiger partial charge in [0.1, 0.15) is 0 Å². The summed E-state index contributed by atoms with van der Waals surface area (Å²) in [7, 11) is 0. The van der Waals surface area contributed by atoms with Crippen molar-refractivity contribution in [3.63, 3.8) is 0 Å². The van der Waals surface area contributed by atoms with E-state index in [0.29, 0.717) is 0 Å². The van der Waals surface area contributed by atoms with Crippen LogP contribution in [0.4, 0.5) is 0 Å². The van der Waals surface area contributed by atoms with Crippen LogP contribution in [-0.2, 0) is 5.41 Å². The number of hydrogen-bond acceptors (Lipinski definition) is 0. The normalized spacial score (nSPS) is 13.1. The van der Waals surface area contributed by atoms with Crippen molar-refractivity contribution in [2.24, 2.45) is 0 Å². The van der Waals surface area contributed by atoms with Crippen LogP contribution in [0.3, 0.4) is 0 Å². The molecule has 53 heavy (non-hydrogen) atoms. The monoisotopic (exact) mass is 670 g/mol. The van der Waals surface area contributed by atoms with Gasteiger partial charge in [-0.3, -0.25) is 0 Å². The molecular formula is C53H34. The van der Waals surface area contributed by atoms with E-state index in [1.54, 1.807) is 0 Å². The fourth-order valence-corrected chi connectivity index (χ4v) is 9.37. The molecule has 0 aromatic heterocycles. The summed E-state index contributed by atoms with van der Waals surface area (Å²) in [5.41, 5.74) is 20.2. The molecule has 0 bridgehead atoms. The highest BCUT2D eigenvalue weighted by molar-refractivity contribution is 6.11. The zero-order valence-corrected chi connectivity index (χ0v) is 29.1. The number of benzene rings is 9. The van der Waals surface area contributed by atoms with E-state index in [1.807, 2.05) is 0 Å². The zero-order valence-electron chi connectivity index (χ0n) is 29.1. The molecule has 1 spiro atoms. The first-order chi connectivity index (χ1) is 26.3. The lowest BCUT2D eigenvalue weighted by Crippen LogP contribution is -2.26. The Kier molecular flexibility index (Phi) is 6.57. The zero-order chi connectivity index (χ0) is 34.9. The lowest BCUT2D eigenvalue weighted by Gasteiger charge is -2.31. The molecule has 0 heterocycles. The van der Waals surface area contributed by atoms with Gasteiger partial charge in [-0.15, -0.1) is 0 Å². The van der Waals surface area contributed by atoms with Crippen molar-refractivity contribution >= 4 is 10.8 Å². The minimum atomic E-state index is -0.458. The maximum Gasteiger partial charge on any atom is 0.0726 e. The van der Waals surface area contributed by atoms with Crippen LogP contribution in [0.2, 0.25) is 0 Å². The third kappa shape index (κ3) is 4.36. The molecule has 0 fully saturated rings. The highest BCUT2D eigenvalue weighted by Crippen LogP contribution is 2.64. The molecule has 0 saturated heterocycles. The quantitative estimate of drug-likeness (QED) is 0.175. The van der Waals surface area contributed by atoms with Gasteiger partial charge < -0.3 is 0 Å². The van der Waals surface area contributed by atoms with Crippen LogP contribution in [0.15, 0.2) is 206 Å². The highest BCUT2D eigenvalue weighted by atomic mass is 14.5. The molecule has 2 aliphatic rings. The van der Waals surface area contributed by atoms with Gasteiger partial charge in [0.2, 0.25) is 0 Å². The highest BCUT2D eigenvalue weighted by Gasteiger charge is 2.52.